The molecule has 25 heavy (non-hydrogen) atoms. The Bertz CT molecular complexity index is 947. The molecule has 8 heteroatoms. The fraction of sp³-hybridized carbons (Fsp3) is 0.235. The van der Waals surface area contributed by atoms with Crippen LogP contribution in [0, 0.1) is 0 Å². The molecule has 132 valence electrons. The van der Waals surface area contributed by atoms with Gasteiger partial charge in [0.15, 0.2) is 0 Å². The second kappa shape index (κ2) is 6.97. The van der Waals surface area contributed by atoms with Crippen molar-refractivity contribution in [3.05, 3.63) is 51.5 Å². The Hall–Kier alpha value is -1.57. The van der Waals surface area contributed by atoms with E-state index in [1.165, 1.54) is 12.1 Å². The summed E-state index contributed by atoms with van der Waals surface area (Å²) in [7, 11) is -3.89. The summed E-state index contributed by atoms with van der Waals surface area (Å²) in [5.41, 5.74) is 1.67. The number of hydrogen-bond donors (Lipinski definition) is 1. The van der Waals surface area contributed by atoms with Gasteiger partial charge in [0.2, 0.25) is 5.91 Å². The number of nitrogens with zero attached hydrogens (tertiary/aromatic N) is 1. The zero-order chi connectivity index (χ0) is 18.2. The average Bonchev–Trinajstić information content (AvgIpc) is 2.96. The second-order valence-electron chi connectivity index (χ2n) is 5.68. The minimum absolute atomic E-state index is 0.0798. The van der Waals surface area contributed by atoms with E-state index in [1.54, 1.807) is 30.0 Å². The first-order valence-electron chi connectivity index (χ1n) is 7.73. The first-order chi connectivity index (χ1) is 11.8. The number of amides is 1. The number of anilines is 2. The van der Waals surface area contributed by atoms with Crippen LogP contribution in [0.15, 0.2) is 45.8 Å². The van der Waals surface area contributed by atoms with E-state index in [0.29, 0.717) is 40.3 Å². The monoisotopic (exact) mass is 442 g/mol. The molecule has 1 heterocycles. The van der Waals surface area contributed by atoms with Gasteiger partial charge >= 0.3 is 0 Å². The van der Waals surface area contributed by atoms with Gasteiger partial charge < -0.3 is 4.90 Å². The fourth-order valence-electron chi connectivity index (χ4n) is 2.88. The molecule has 5 nitrogen and oxygen atoms in total. The summed E-state index contributed by atoms with van der Waals surface area (Å²) in [5, 5.41) is 0.433. The maximum Gasteiger partial charge on any atom is 0.264 e. The van der Waals surface area contributed by atoms with Crippen molar-refractivity contribution in [3.8, 4) is 0 Å². The highest BCUT2D eigenvalue weighted by atomic mass is 79.9. The van der Waals surface area contributed by atoms with Crippen LogP contribution in [0.5, 0.6) is 0 Å². The number of sulfonamides is 1. The van der Waals surface area contributed by atoms with Gasteiger partial charge in [-0.2, -0.15) is 0 Å². The summed E-state index contributed by atoms with van der Waals surface area (Å²) in [5.74, 6) is -0.0970. The van der Waals surface area contributed by atoms with E-state index in [9.17, 15) is 13.2 Å². The molecular weight excluding hydrogens is 428 g/mol. The Balaban J connectivity index is 2.09. The van der Waals surface area contributed by atoms with Crippen molar-refractivity contribution < 1.29 is 13.2 Å². The first kappa shape index (κ1) is 18.2. The molecule has 0 unspecified atom stereocenters. The summed E-state index contributed by atoms with van der Waals surface area (Å²) in [6.45, 7) is 2.25. The molecular formula is C17H16BrClN2O3S. The van der Waals surface area contributed by atoms with E-state index in [2.05, 4.69) is 20.7 Å². The molecule has 0 radical (unpaired) electrons. The molecule has 1 aliphatic rings. The van der Waals surface area contributed by atoms with Gasteiger partial charge in [0.05, 0.1) is 11.4 Å². The lowest BCUT2D eigenvalue weighted by molar-refractivity contribution is -0.118. The van der Waals surface area contributed by atoms with Crippen LogP contribution < -0.4 is 9.62 Å². The number of benzene rings is 2. The SMILES string of the molecule is CCC(=O)N1CCc2cc(Br)cc(S(=O)(=O)Nc3cccc(Cl)c3)c21. The van der Waals surface area contributed by atoms with Gasteiger partial charge in [-0.15, -0.1) is 0 Å². The Morgan fingerprint density at radius 3 is 2.76 bits per heavy atom. The lowest BCUT2D eigenvalue weighted by Gasteiger charge is -2.20. The van der Waals surface area contributed by atoms with Gasteiger partial charge in [0.25, 0.3) is 10.0 Å². The minimum Gasteiger partial charge on any atom is -0.310 e. The van der Waals surface area contributed by atoms with Crippen LogP contribution in [-0.2, 0) is 21.2 Å². The topological polar surface area (TPSA) is 66.5 Å². The van der Waals surface area contributed by atoms with E-state index in [-0.39, 0.29) is 10.8 Å². The van der Waals surface area contributed by atoms with Crippen LogP contribution in [0.1, 0.15) is 18.9 Å². The minimum atomic E-state index is -3.89. The van der Waals surface area contributed by atoms with Crippen molar-refractivity contribution in [1.29, 1.82) is 0 Å². The number of nitrogens with one attached hydrogen (secondary N) is 1. The Labute approximate surface area is 160 Å². The zero-order valence-corrected chi connectivity index (χ0v) is 16.6. The molecule has 1 N–H and O–H groups in total. The molecule has 0 spiro atoms. The lowest BCUT2D eigenvalue weighted by Crippen LogP contribution is -2.29. The Morgan fingerprint density at radius 1 is 1.32 bits per heavy atom. The molecule has 0 fully saturated rings. The summed E-state index contributed by atoms with van der Waals surface area (Å²) >= 11 is 9.29. The van der Waals surface area contributed by atoms with E-state index >= 15 is 0 Å². The molecule has 0 aliphatic carbocycles. The number of rotatable bonds is 4. The highest BCUT2D eigenvalue weighted by Gasteiger charge is 2.32. The van der Waals surface area contributed by atoms with Crippen molar-refractivity contribution in [2.75, 3.05) is 16.2 Å². The van der Waals surface area contributed by atoms with E-state index < -0.39 is 10.0 Å². The molecule has 0 saturated carbocycles. The van der Waals surface area contributed by atoms with Crippen molar-refractivity contribution in [3.63, 3.8) is 0 Å². The standard InChI is InChI=1S/C17H16BrClN2O3S/c1-2-16(22)21-7-6-11-8-12(18)9-15(17(11)21)25(23,24)20-14-5-3-4-13(19)10-14/h3-5,8-10,20H,2,6-7H2,1H3. The van der Waals surface area contributed by atoms with Crippen LogP contribution in [0.4, 0.5) is 11.4 Å². The first-order valence-corrected chi connectivity index (χ1v) is 10.4. The van der Waals surface area contributed by atoms with Gasteiger partial charge in [0, 0.05) is 22.5 Å². The number of halogens is 2. The third-order valence-corrected chi connectivity index (χ3v) is 6.05. The largest absolute Gasteiger partial charge is 0.310 e. The smallest absolute Gasteiger partial charge is 0.264 e. The van der Waals surface area contributed by atoms with Crippen LogP contribution in [0.3, 0.4) is 0 Å². The number of fused-ring (bicyclic) bond motifs is 1. The fourth-order valence-corrected chi connectivity index (χ4v) is 5.05. The highest BCUT2D eigenvalue weighted by Crippen LogP contribution is 2.38. The predicted molar refractivity (Wildman–Crippen MR) is 103 cm³/mol. The molecule has 2 aromatic rings. The van der Waals surface area contributed by atoms with E-state index in [1.807, 2.05) is 6.07 Å². The van der Waals surface area contributed by atoms with Crippen LogP contribution in [-0.4, -0.2) is 20.9 Å². The van der Waals surface area contributed by atoms with Gasteiger partial charge in [-0.05, 0) is 42.3 Å². The van der Waals surface area contributed by atoms with Crippen molar-refractivity contribution >= 4 is 54.8 Å². The maximum absolute atomic E-state index is 13.0. The van der Waals surface area contributed by atoms with Crippen LogP contribution in [0.2, 0.25) is 5.02 Å². The second-order valence-corrected chi connectivity index (χ2v) is 8.68. The normalized spacial score (nSPS) is 13.6. The molecule has 0 saturated heterocycles. The average molecular weight is 444 g/mol. The third kappa shape index (κ3) is 3.68. The molecule has 2 aromatic carbocycles. The third-order valence-electron chi connectivity index (χ3n) is 3.96. The summed E-state index contributed by atoms with van der Waals surface area (Å²) in [6.07, 6.45) is 0.941. The predicted octanol–water partition coefficient (Wildman–Crippen LogP) is 4.20. The molecule has 0 aromatic heterocycles. The number of carbonyl (C=O) groups excluding carboxylic acids is 1. The summed E-state index contributed by atoms with van der Waals surface area (Å²) in [6, 6.07) is 9.86. The molecule has 0 bridgehead atoms. The Kier molecular flexibility index (Phi) is 5.09. The van der Waals surface area contributed by atoms with Crippen LogP contribution >= 0.6 is 27.5 Å². The van der Waals surface area contributed by atoms with E-state index in [4.69, 9.17) is 11.6 Å². The summed E-state index contributed by atoms with van der Waals surface area (Å²) < 4.78 is 29.1. The summed E-state index contributed by atoms with van der Waals surface area (Å²) in [4.78, 5) is 13.9. The molecule has 1 amide bonds. The van der Waals surface area contributed by atoms with Crippen LogP contribution in [0.25, 0.3) is 0 Å². The lowest BCUT2D eigenvalue weighted by atomic mass is 10.2. The Morgan fingerprint density at radius 2 is 2.08 bits per heavy atom. The van der Waals surface area contributed by atoms with Crippen molar-refractivity contribution in [2.24, 2.45) is 0 Å². The number of carbonyl (C=O) groups is 1. The molecule has 3 rings (SSSR count). The van der Waals surface area contributed by atoms with Gasteiger partial charge in [0.1, 0.15) is 4.90 Å². The quantitative estimate of drug-likeness (QED) is 0.770. The van der Waals surface area contributed by atoms with Crippen molar-refractivity contribution in [2.45, 2.75) is 24.7 Å². The van der Waals surface area contributed by atoms with Crippen molar-refractivity contribution in [1.82, 2.24) is 0 Å². The number of hydrogen-bond acceptors (Lipinski definition) is 3. The molecule has 0 atom stereocenters. The maximum atomic E-state index is 13.0. The molecule has 1 aliphatic heterocycles. The van der Waals surface area contributed by atoms with Gasteiger partial charge in [-0.25, -0.2) is 8.42 Å². The highest BCUT2D eigenvalue weighted by molar-refractivity contribution is 9.10. The van der Waals surface area contributed by atoms with E-state index in [0.717, 1.165) is 5.56 Å². The van der Waals surface area contributed by atoms with Gasteiger partial charge in [-0.3, -0.25) is 9.52 Å². The zero-order valence-electron chi connectivity index (χ0n) is 13.4. The van der Waals surface area contributed by atoms with Gasteiger partial charge in [-0.1, -0.05) is 40.5 Å².